The molecule has 0 aromatic rings. The summed E-state index contributed by atoms with van der Waals surface area (Å²) in [6, 6.07) is -0.584. The summed E-state index contributed by atoms with van der Waals surface area (Å²) in [6.07, 6.45) is 1.61. The van der Waals surface area contributed by atoms with Crippen molar-refractivity contribution >= 4 is 24.9 Å². The summed E-state index contributed by atoms with van der Waals surface area (Å²) in [5.74, 6) is -0.737. The molecule has 0 saturated carbocycles. The van der Waals surface area contributed by atoms with Crippen LogP contribution in [0.15, 0.2) is 0 Å². The molecule has 57 valence electrons. The number of carboxylic acids is 1. The molecule has 1 unspecified atom stereocenters. The van der Waals surface area contributed by atoms with Gasteiger partial charge in [-0.25, -0.2) is 0 Å². The first-order chi connectivity index (χ1) is 4.70. The third-order valence-corrected chi connectivity index (χ3v) is 1.19. The summed E-state index contributed by atoms with van der Waals surface area (Å²) in [7, 11) is 0. The number of carbonyl (C=O) groups excluding carboxylic acids is 1. The molecule has 10 heavy (non-hydrogen) atoms. The van der Waals surface area contributed by atoms with Crippen LogP contribution in [-0.2, 0) is 9.59 Å². The highest BCUT2D eigenvalue weighted by Gasteiger charge is 2.05. The second kappa shape index (κ2) is 5.25. The Morgan fingerprint density at radius 2 is 2.40 bits per heavy atom. The Labute approximate surface area is 64.0 Å². The van der Waals surface area contributed by atoms with E-state index in [0.29, 0.717) is 0 Å². The molecular weight excluding hydrogens is 154 g/mol. The first kappa shape index (κ1) is 9.45. The molecule has 0 rings (SSSR count). The summed E-state index contributed by atoms with van der Waals surface area (Å²) in [4.78, 5) is 19.8. The van der Waals surface area contributed by atoms with Crippen molar-refractivity contribution in [3.8, 4) is 0 Å². The van der Waals surface area contributed by atoms with Crippen LogP contribution >= 0.6 is 12.6 Å². The van der Waals surface area contributed by atoms with Crippen LogP contribution in [0.4, 0.5) is 0 Å². The van der Waals surface area contributed by atoms with Crippen LogP contribution in [0.1, 0.15) is 0 Å². The van der Waals surface area contributed by atoms with E-state index in [4.69, 9.17) is 5.11 Å². The first-order valence-corrected chi connectivity index (χ1v) is 3.27. The lowest BCUT2D eigenvalue weighted by Gasteiger charge is -2.04. The number of carboxylic acid groups (broad SMARTS) is 1. The SMILES string of the molecule is O=[C]C(CS)NCC(=O)O. The normalized spacial score (nSPS) is 12.5. The molecule has 0 aliphatic carbocycles. The highest BCUT2D eigenvalue weighted by Crippen LogP contribution is 1.81. The minimum Gasteiger partial charge on any atom is -0.480 e. The van der Waals surface area contributed by atoms with E-state index in [1.165, 1.54) is 0 Å². The smallest absolute Gasteiger partial charge is 0.317 e. The van der Waals surface area contributed by atoms with Gasteiger partial charge in [0.25, 0.3) is 0 Å². The van der Waals surface area contributed by atoms with Crippen molar-refractivity contribution in [3.63, 3.8) is 0 Å². The van der Waals surface area contributed by atoms with Crippen LogP contribution in [-0.4, -0.2) is 35.7 Å². The fraction of sp³-hybridized carbons (Fsp3) is 0.600. The fourth-order valence-corrected chi connectivity index (χ4v) is 0.558. The average molecular weight is 162 g/mol. The molecule has 0 amide bonds. The van der Waals surface area contributed by atoms with E-state index in [1.807, 2.05) is 0 Å². The van der Waals surface area contributed by atoms with Gasteiger partial charge in [0, 0.05) is 5.75 Å². The molecule has 5 heteroatoms. The molecule has 0 aliphatic heterocycles. The maximum Gasteiger partial charge on any atom is 0.317 e. The van der Waals surface area contributed by atoms with E-state index in [0.717, 1.165) is 0 Å². The zero-order chi connectivity index (χ0) is 7.98. The van der Waals surface area contributed by atoms with Gasteiger partial charge in [-0.1, -0.05) is 0 Å². The zero-order valence-corrected chi connectivity index (χ0v) is 6.10. The zero-order valence-electron chi connectivity index (χ0n) is 5.20. The van der Waals surface area contributed by atoms with Gasteiger partial charge in [-0.2, -0.15) is 12.6 Å². The van der Waals surface area contributed by atoms with Crippen LogP contribution in [0.25, 0.3) is 0 Å². The Morgan fingerprint density at radius 3 is 2.70 bits per heavy atom. The van der Waals surface area contributed by atoms with Gasteiger partial charge in [0.2, 0.25) is 6.29 Å². The lowest BCUT2D eigenvalue weighted by molar-refractivity contribution is -0.136. The van der Waals surface area contributed by atoms with E-state index in [1.54, 1.807) is 6.29 Å². The van der Waals surface area contributed by atoms with Gasteiger partial charge >= 0.3 is 5.97 Å². The first-order valence-electron chi connectivity index (χ1n) is 2.64. The molecule has 0 aliphatic rings. The minimum absolute atomic E-state index is 0.236. The Balaban J connectivity index is 3.44. The number of nitrogens with one attached hydrogen (secondary N) is 1. The molecule has 0 heterocycles. The summed E-state index contributed by atoms with van der Waals surface area (Å²) < 4.78 is 0. The van der Waals surface area contributed by atoms with E-state index in [2.05, 4.69) is 17.9 Å². The predicted octanol–water partition coefficient (Wildman–Crippen LogP) is -0.931. The van der Waals surface area contributed by atoms with Crippen LogP contribution < -0.4 is 5.32 Å². The maximum absolute atomic E-state index is 9.92. The molecule has 1 atom stereocenters. The quantitative estimate of drug-likeness (QED) is 0.457. The Morgan fingerprint density at radius 1 is 1.80 bits per heavy atom. The number of rotatable bonds is 5. The van der Waals surface area contributed by atoms with E-state index in [-0.39, 0.29) is 12.3 Å². The van der Waals surface area contributed by atoms with E-state index < -0.39 is 12.0 Å². The topological polar surface area (TPSA) is 66.4 Å². The standard InChI is InChI=1S/C5H8NO3S/c7-2-4(3-10)6-1-5(8)9/h4,6,10H,1,3H2,(H,8,9). The van der Waals surface area contributed by atoms with Crippen LogP contribution in [0.5, 0.6) is 0 Å². The van der Waals surface area contributed by atoms with Crippen molar-refractivity contribution in [1.29, 1.82) is 0 Å². The Hall–Kier alpha value is -0.550. The van der Waals surface area contributed by atoms with Crippen molar-refractivity contribution in [1.82, 2.24) is 5.32 Å². The Kier molecular flexibility index (Phi) is 4.96. The molecule has 4 nitrogen and oxygen atoms in total. The number of thiol groups is 1. The minimum atomic E-state index is -0.998. The number of hydrogen-bond donors (Lipinski definition) is 3. The average Bonchev–Trinajstić information content (AvgIpc) is 1.90. The van der Waals surface area contributed by atoms with Gasteiger partial charge in [0.15, 0.2) is 0 Å². The van der Waals surface area contributed by atoms with Gasteiger partial charge in [-0.3, -0.25) is 14.9 Å². The summed E-state index contributed by atoms with van der Waals surface area (Å²) in [5, 5.41) is 10.6. The maximum atomic E-state index is 9.92. The summed E-state index contributed by atoms with van der Waals surface area (Å²) >= 11 is 3.78. The molecule has 0 spiro atoms. The lowest BCUT2D eigenvalue weighted by atomic mass is 10.4. The highest BCUT2D eigenvalue weighted by atomic mass is 32.1. The van der Waals surface area contributed by atoms with E-state index >= 15 is 0 Å². The summed E-state index contributed by atoms with van der Waals surface area (Å²) in [6.45, 7) is -0.236. The fourth-order valence-electron chi connectivity index (χ4n) is 0.354. The third kappa shape index (κ3) is 4.34. The molecule has 0 fully saturated rings. The molecule has 0 saturated heterocycles. The van der Waals surface area contributed by atoms with Crippen LogP contribution in [0, 0.1) is 0 Å². The molecule has 1 radical (unpaired) electrons. The predicted molar refractivity (Wildman–Crippen MR) is 39.0 cm³/mol. The largest absolute Gasteiger partial charge is 0.480 e. The van der Waals surface area contributed by atoms with Crippen LogP contribution in [0.2, 0.25) is 0 Å². The van der Waals surface area contributed by atoms with Crippen molar-refractivity contribution < 1.29 is 14.7 Å². The second-order valence-electron chi connectivity index (χ2n) is 1.63. The lowest BCUT2D eigenvalue weighted by Crippen LogP contribution is -2.35. The summed E-state index contributed by atoms with van der Waals surface area (Å²) in [5.41, 5.74) is 0. The Bertz CT molecular complexity index is 128. The molecule has 0 bridgehead atoms. The monoisotopic (exact) mass is 162 g/mol. The van der Waals surface area contributed by atoms with Gasteiger partial charge in [-0.05, 0) is 0 Å². The number of hydrogen-bond acceptors (Lipinski definition) is 4. The van der Waals surface area contributed by atoms with Crippen molar-refractivity contribution in [3.05, 3.63) is 0 Å². The van der Waals surface area contributed by atoms with Crippen molar-refractivity contribution in [2.75, 3.05) is 12.3 Å². The van der Waals surface area contributed by atoms with Crippen molar-refractivity contribution in [2.24, 2.45) is 0 Å². The molecule has 0 aromatic carbocycles. The van der Waals surface area contributed by atoms with Gasteiger partial charge in [0.05, 0.1) is 12.6 Å². The molecule has 2 N–H and O–H groups in total. The highest BCUT2D eigenvalue weighted by molar-refractivity contribution is 7.80. The van der Waals surface area contributed by atoms with Gasteiger partial charge in [0.1, 0.15) is 0 Å². The molecular formula is C5H8NO3S. The number of carbonyl (C=O) groups is 1. The van der Waals surface area contributed by atoms with Crippen molar-refractivity contribution in [2.45, 2.75) is 6.04 Å². The number of aliphatic carboxylic acids is 1. The molecule has 0 aromatic heterocycles. The van der Waals surface area contributed by atoms with Gasteiger partial charge in [-0.15, -0.1) is 0 Å². The van der Waals surface area contributed by atoms with Gasteiger partial charge < -0.3 is 5.11 Å². The second-order valence-corrected chi connectivity index (χ2v) is 1.99. The van der Waals surface area contributed by atoms with E-state index in [9.17, 15) is 9.59 Å². The van der Waals surface area contributed by atoms with Crippen LogP contribution in [0.3, 0.4) is 0 Å². The third-order valence-electron chi connectivity index (χ3n) is 0.825.